The monoisotopic (exact) mass is 1090 g/mol. The predicted molar refractivity (Wildman–Crippen MR) is 279 cm³/mol. The van der Waals surface area contributed by atoms with Gasteiger partial charge in [0.05, 0.1) is 53.9 Å². The molecule has 4 heterocycles. The number of cyclic esters (lactones) is 1. The summed E-state index contributed by atoms with van der Waals surface area (Å²) in [6, 6.07) is 5.70. The van der Waals surface area contributed by atoms with Gasteiger partial charge in [-0.15, -0.1) is 16.9 Å². The van der Waals surface area contributed by atoms with E-state index in [1.807, 2.05) is 62.0 Å². The van der Waals surface area contributed by atoms with Crippen LogP contribution >= 0.6 is 11.8 Å². The van der Waals surface area contributed by atoms with Gasteiger partial charge in [-0.3, -0.25) is 9.18 Å². The van der Waals surface area contributed by atoms with Gasteiger partial charge in [-0.2, -0.15) is 0 Å². The predicted octanol–water partition coefficient (Wildman–Crippen LogP) is 5.46. The first-order valence-corrected chi connectivity index (χ1v) is 27.8. The Labute approximate surface area is 448 Å². The van der Waals surface area contributed by atoms with Crippen LogP contribution in [0.3, 0.4) is 0 Å². The van der Waals surface area contributed by atoms with E-state index in [2.05, 4.69) is 10.3 Å². The molecule has 0 aliphatic carbocycles. The lowest BCUT2D eigenvalue weighted by Gasteiger charge is -2.49. The average molecular weight is 1090 g/mol. The highest BCUT2D eigenvalue weighted by Crippen LogP contribution is 2.41. The van der Waals surface area contributed by atoms with Crippen LogP contribution in [0.25, 0.3) is 0 Å². The lowest BCUT2D eigenvalue weighted by molar-refractivity contribution is -0.318. The quantitative estimate of drug-likeness (QED) is 0.0671. The summed E-state index contributed by atoms with van der Waals surface area (Å²) in [6.45, 7) is 17.1. The molecule has 2 aromatic rings. The second-order valence-electron chi connectivity index (χ2n) is 22.5. The molecule has 5 rings (SSSR count). The van der Waals surface area contributed by atoms with Crippen molar-refractivity contribution in [1.82, 2.24) is 24.8 Å². The van der Waals surface area contributed by atoms with Crippen LogP contribution in [0.4, 0.5) is 8.78 Å². The highest BCUT2D eigenvalue weighted by molar-refractivity contribution is 7.99. The average Bonchev–Trinajstić information content (AvgIpc) is 3.84. The Hall–Kier alpha value is -2.48. The van der Waals surface area contributed by atoms with Gasteiger partial charge in [0.1, 0.15) is 48.8 Å². The summed E-state index contributed by atoms with van der Waals surface area (Å²) in [7, 11) is 6.72. The molecule has 0 spiro atoms. The van der Waals surface area contributed by atoms with Gasteiger partial charge in [0.2, 0.25) is 0 Å². The van der Waals surface area contributed by atoms with Crippen molar-refractivity contribution in [1.29, 1.82) is 0 Å². The summed E-state index contributed by atoms with van der Waals surface area (Å²) in [5.74, 6) is -2.24. The standard InChI is InChI=1S/C54H91F2N5O13S/c1-15-42-54(10,67)47(63)35(6)60(12)29-31(2)26-52(8,66)49(33(4)45(34(5)50(65)72-42)73-43-27-53(9,69-14)48(64)36(7)71-43)74-51-44(62)40(25-32(3)70-51)59(11)23-21-38-30-61(58-57-38)41(28-56)46(68-13)37-17-19-39(20-18-37)75-24-16-22-55/h17-20,30-36,40-49,51,62-64,66-67H,15-16,21-29H2,1-14H3/t31?,32-,33+,34-,35-,36+,40+,41-,42-,43+,44-,45+,46-,47-,48+,49-,51+,52-,53-,54-/m1/s1. The molecular formula is C54H91F2N5O13S. The fraction of sp³-hybridized carbons (Fsp3) is 0.833. The number of ether oxygens (including phenoxy) is 7. The number of alkyl halides is 2. The maximum absolute atomic E-state index is 14.8. The molecule has 0 radical (unpaired) electrons. The Balaban J connectivity index is 1.42. The number of aromatic nitrogens is 3. The number of aliphatic hydroxyl groups excluding tert-OH is 3. The van der Waals surface area contributed by atoms with Crippen molar-refractivity contribution in [3.8, 4) is 0 Å². The van der Waals surface area contributed by atoms with Crippen molar-refractivity contribution in [3.05, 3.63) is 41.7 Å². The van der Waals surface area contributed by atoms with E-state index in [0.717, 1.165) is 10.5 Å². The Bertz CT molecular complexity index is 2050. The van der Waals surface area contributed by atoms with Crippen LogP contribution in [0, 0.1) is 17.8 Å². The zero-order valence-corrected chi connectivity index (χ0v) is 47.7. The number of thioether (sulfide) groups is 1. The zero-order valence-electron chi connectivity index (χ0n) is 46.9. The maximum atomic E-state index is 14.8. The molecule has 3 aliphatic heterocycles. The maximum Gasteiger partial charge on any atom is 0.311 e. The molecule has 1 aromatic carbocycles. The lowest BCUT2D eigenvalue weighted by Crippen LogP contribution is -2.61. The van der Waals surface area contributed by atoms with Gasteiger partial charge < -0.3 is 68.5 Å². The molecule has 1 unspecified atom stereocenters. The van der Waals surface area contributed by atoms with Crippen LogP contribution in [-0.4, -0.2) is 207 Å². The van der Waals surface area contributed by atoms with Crippen molar-refractivity contribution >= 4 is 17.7 Å². The second kappa shape index (κ2) is 27.6. The van der Waals surface area contributed by atoms with E-state index < -0.39 is 127 Å². The number of carbonyl (C=O) groups is 1. The molecule has 75 heavy (non-hydrogen) atoms. The molecular weight excluding hydrogens is 997 g/mol. The van der Waals surface area contributed by atoms with Crippen molar-refractivity contribution in [2.75, 3.05) is 60.5 Å². The minimum Gasteiger partial charge on any atom is -0.459 e. The zero-order chi connectivity index (χ0) is 55.7. The van der Waals surface area contributed by atoms with Gasteiger partial charge in [0.25, 0.3) is 0 Å². The second-order valence-corrected chi connectivity index (χ2v) is 23.6. The Morgan fingerprint density at radius 1 is 0.973 bits per heavy atom. The Kier molecular flexibility index (Phi) is 23.3. The van der Waals surface area contributed by atoms with Crippen molar-refractivity contribution in [3.63, 3.8) is 0 Å². The van der Waals surface area contributed by atoms with E-state index in [9.17, 15) is 39.1 Å². The normalized spacial score (nSPS) is 38.9. The fourth-order valence-corrected chi connectivity index (χ4v) is 12.3. The minimum absolute atomic E-state index is 0.0802. The number of aliphatic hydroxyl groups is 5. The number of rotatable bonds is 19. The van der Waals surface area contributed by atoms with Crippen LogP contribution in [-0.2, 0) is 44.4 Å². The van der Waals surface area contributed by atoms with Gasteiger partial charge in [0, 0.05) is 75.0 Å². The summed E-state index contributed by atoms with van der Waals surface area (Å²) in [5, 5.41) is 68.5. The van der Waals surface area contributed by atoms with E-state index >= 15 is 0 Å². The number of nitrogens with zero attached hydrogens (tertiary/aromatic N) is 5. The fourth-order valence-electron chi connectivity index (χ4n) is 11.5. The first kappa shape index (κ1) is 63.4. The molecule has 5 N–H and O–H groups in total. The van der Waals surface area contributed by atoms with Gasteiger partial charge in [-0.25, -0.2) is 9.07 Å². The number of hydrogen-bond donors (Lipinski definition) is 5. The largest absolute Gasteiger partial charge is 0.459 e. The molecule has 3 aliphatic rings. The topological polar surface area (TPSA) is 220 Å². The summed E-state index contributed by atoms with van der Waals surface area (Å²) in [6.07, 6.45) is -7.61. The molecule has 430 valence electrons. The number of halogens is 2. The SMILES string of the molecule is CC[C@H]1OC(=O)[C@H](C)[C@@H](O[C@H]2C[C@@](C)(OC)[C@@H](O)[C@H](C)O2)[C@H](C)[C@@H](O[C@@H]2O[C@H](C)C[C@H](N(C)CCc3cn([C@H](CF)[C@H](OC)c4ccc(SCCCF)cc4)nn3)[C@H]2O)[C@](C)(O)CC(C)CN(C)[C@H](C)[C@@H](O)[C@]1(C)O. The van der Waals surface area contributed by atoms with Crippen molar-refractivity contribution in [2.45, 2.75) is 215 Å². The number of hydrogen-bond acceptors (Lipinski definition) is 18. The van der Waals surface area contributed by atoms with E-state index in [4.69, 9.17) is 33.2 Å². The third-order valence-electron chi connectivity index (χ3n) is 16.2. The number of methoxy groups -OCH3 is 2. The molecule has 21 heteroatoms. The Morgan fingerprint density at radius 3 is 2.27 bits per heavy atom. The molecule has 3 fully saturated rings. The minimum atomic E-state index is -1.86. The molecule has 1 aromatic heterocycles. The highest BCUT2D eigenvalue weighted by atomic mass is 32.2. The number of benzene rings is 1. The van der Waals surface area contributed by atoms with E-state index in [-0.39, 0.29) is 31.9 Å². The van der Waals surface area contributed by atoms with Crippen LogP contribution in [0.1, 0.15) is 125 Å². The Morgan fingerprint density at radius 2 is 1.65 bits per heavy atom. The van der Waals surface area contributed by atoms with E-state index in [1.54, 1.807) is 66.4 Å². The van der Waals surface area contributed by atoms with Crippen LogP contribution in [0.5, 0.6) is 0 Å². The number of esters is 1. The lowest BCUT2D eigenvalue weighted by atomic mass is 9.77. The van der Waals surface area contributed by atoms with Gasteiger partial charge in [-0.05, 0) is 112 Å². The number of likely N-dealkylation sites (N-methyl/N-ethyl adjacent to an activating group) is 2. The van der Waals surface area contributed by atoms with Crippen LogP contribution in [0.15, 0.2) is 35.4 Å². The highest BCUT2D eigenvalue weighted by Gasteiger charge is 2.53. The first-order valence-electron chi connectivity index (χ1n) is 26.8. The molecule has 0 amide bonds. The van der Waals surface area contributed by atoms with Crippen LogP contribution in [0.2, 0.25) is 0 Å². The molecule has 0 bridgehead atoms. The summed E-state index contributed by atoms with van der Waals surface area (Å²) in [5.41, 5.74) is -3.24. The van der Waals surface area contributed by atoms with E-state index in [1.165, 1.54) is 25.8 Å². The molecule has 0 saturated carbocycles. The van der Waals surface area contributed by atoms with Crippen molar-refractivity contribution in [2.24, 2.45) is 17.8 Å². The first-order chi connectivity index (χ1) is 35.3. The third-order valence-corrected chi connectivity index (χ3v) is 17.3. The van der Waals surface area contributed by atoms with Gasteiger partial charge >= 0.3 is 5.97 Å². The molecule has 18 nitrogen and oxygen atoms in total. The smallest absolute Gasteiger partial charge is 0.311 e. The van der Waals surface area contributed by atoms with E-state index in [0.29, 0.717) is 43.8 Å². The summed E-state index contributed by atoms with van der Waals surface area (Å²) in [4.78, 5) is 19.4. The van der Waals surface area contributed by atoms with Gasteiger partial charge in [-0.1, -0.05) is 38.1 Å². The number of carbonyl (C=O) groups excluding carboxylic acids is 1. The molecule has 20 atom stereocenters. The van der Waals surface area contributed by atoms with Gasteiger partial charge in [0.15, 0.2) is 12.6 Å². The van der Waals surface area contributed by atoms with Crippen LogP contribution < -0.4 is 0 Å². The molecule has 3 saturated heterocycles. The summed E-state index contributed by atoms with van der Waals surface area (Å²) < 4.78 is 73.0. The summed E-state index contributed by atoms with van der Waals surface area (Å²) >= 11 is 1.55. The van der Waals surface area contributed by atoms with Crippen molar-refractivity contribution < 1.29 is 72.3 Å². The third kappa shape index (κ3) is 15.5.